The molecule has 0 aliphatic carbocycles. The standard InChI is InChI=1S/C20H18ClFN4O2/c1-11-16(8-5-14(9-23)18(11)21)24-19(12(2)27)20-26-25-17(10-28-20)13-3-6-15(22)7-4-13/h3-8,12,19,24,27H,10H2,1-2H3/t12-,19+/m0/s1. The van der Waals surface area contributed by atoms with Crippen LogP contribution in [0.4, 0.5) is 10.1 Å². The van der Waals surface area contributed by atoms with Crippen LogP contribution < -0.4 is 5.32 Å². The van der Waals surface area contributed by atoms with Crippen LogP contribution in [0.15, 0.2) is 46.6 Å². The fourth-order valence-electron chi connectivity index (χ4n) is 2.73. The molecular formula is C20H18ClFN4O2. The van der Waals surface area contributed by atoms with Gasteiger partial charge in [0.1, 0.15) is 30.2 Å². The number of nitrogens with zero attached hydrogens (tertiary/aromatic N) is 3. The van der Waals surface area contributed by atoms with Gasteiger partial charge < -0.3 is 15.2 Å². The van der Waals surface area contributed by atoms with Crippen LogP contribution in [0.3, 0.4) is 0 Å². The molecule has 0 spiro atoms. The van der Waals surface area contributed by atoms with E-state index in [1.54, 1.807) is 38.1 Å². The molecule has 1 heterocycles. The Labute approximate surface area is 166 Å². The lowest BCUT2D eigenvalue weighted by molar-refractivity contribution is 0.179. The van der Waals surface area contributed by atoms with E-state index in [-0.39, 0.29) is 18.3 Å². The van der Waals surface area contributed by atoms with Crippen molar-refractivity contribution in [3.05, 3.63) is 63.9 Å². The molecule has 0 amide bonds. The van der Waals surface area contributed by atoms with Gasteiger partial charge in [0.15, 0.2) is 0 Å². The van der Waals surface area contributed by atoms with Crippen molar-refractivity contribution in [2.75, 3.05) is 11.9 Å². The van der Waals surface area contributed by atoms with Crippen LogP contribution in [-0.2, 0) is 4.74 Å². The Hall–Kier alpha value is -2.95. The highest BCUT2D eigenvalue weighted by atomic mass is 35.5. The summed E-state index contributed by atoms with van der Waals surface area (Å²) < 4.78 is 18.8. The van der Waals surface area contributed by atoms with Crippen LogP contribution in [0.2, 0.25) is 5.02 Å². The third-order valence-electron chi connectivity index (χ3n) is 4.37. The molecule has 2 N–H and O–H groups in total. The largest absolute Gasteiger partial charge is 0.472 e. The smallest absolute Gasteiger partial charge is 0.234 e. The Morgan fingerprint density at radius 1 is 1.25 bits per heavy atom. The predicted molar refractivity (Wildman–Crippen MR) is 106 cm³/mol. The highest BCUT2D eigenvalue weighted by molar-refractivity contribution is 6.32. The average molecular weight is 401 g/mol. The number of anilines is 1. The van der Waals surface area contributed by atoms with Crippen molar-refractivity contribution in [1.29, 1.82) is 5.26 Å². The van der Waals surface area contributed by atoms with E-state index in [1.165, 1.54) is 12.1 Å². The van der Waals surface area contributed by atoms with E-state index in [4.69, 9.17) is 21.6 Å². The molecule has 0 saturated carbocycles. The number of ether oxygens (including phenoxy) is 1. The average Bonchev–Trinajstić information content (AvgIpc) is 2.70. The summed E-state index contributed by atoms with van der Waals surface area (Å²) in [5, 5.41) is 31.0. The molecule has 0 bridgehead atoms. The number of aliphatic hydroxyl groups excluding tert-OH is 1. The molecule has 3 rings (SSSR count). The SMILES string of the molecule is Cc1c(N[C@@H](C2=NN=C(c3ccc(F)cc3)CO2)[C@H](C)O)ccc(C#N)c1Cl. The van der Waals surface area contributed by atoms with E-state index in [0.717, 1.165) is 0 Å². The Bertz CT molecular complexity index is 981. The van der Waals surface area contributed by atoms with Crippen molar-refractivity contribution in [1.82, 2.24) is 0 Å². The molecule has 0 radical (unpaired) electrons. The minimum atomic E-state index is -0.838. The lowest BCUT2D eigenvalue weighted by atomic mass is 10.1. The molecule has 0 saturated heterocycles. The predicted octanol–water partition coefficient (Wildman–Crippen LogP) is 3.65. The molecule has 2 atom stereocenters. The molecular weight excluding hydrogens is 383 g/mol. The quantitative estimate of drug-likeness (QED) is 0.801. The zero-order valence-corrected chi connectivity index (χ0v) is 16.0. The Morgan fingerprint density at radius 2 is 1.96 bits per heavy atom. The van der Waals surface area contributed by atoms with Crippen molar-refractivity contribution in [3.8, 4) is 6.07 Å². The number of rotatable bonds is 5. The zero-order chi connectivity index (χ0) is 20.3. The molecule has 8 heteroatoms. The van der Waals surface area contributed by atoms with Crippen molar-refractivity contribution >= 4 is 28.9 Å². The Balaban J connectivity index is 1.85. The van der Waals surface area contributed by atoms with E-state index in [1.807, 2.05) is 6.07 Å². The van der Waals surface area contributed by atoms with E-state index in [2.05, 4.69) is 15.5 Å². The Kier molecular flexibility index (Phi) is 5.93. The second-order valence-corrected chi connectivity index (χ2v) is 6.73. The van der Waals surface area contributed by atoms with Gasteiger partial charge in [-0.05, 0) is 43.7 Å². The maximum Gasteiger partial charge on any atom is 0.234 e. The Morgan fingerprint density at radius 3 is 2.54 bits per heavy atom. The first-order valence-corrected chi connectivity index (χ1v) is 8.95. The maximum absolute atomic E-state index is 13.1. The normalized spacial score (nSPS) is 15.6. The molecule has 2 aromatic carbocycles. The first-order chi connectivity index (χ1) is 13.4. The van der Waals surface area contributed by atoms with Crippen LogP contribution in [0, 0.1) is 24.1 Å². The summed E-state index contributed by atoms with van der Waals surface area (Å²) in [4.78, 5) is 0. The number of halogens is 2. The zero-order valence-electron chi connectivity index (χ0n) is 15.3. The summed E-state index contributed by atoms with van der Waals surface area (Å²) in [6.45, 7) is 3.52. The van der Waals surface area contributed by atoms with Crippen molar-refractivity contribution in [2.45, 2.75) is 26.0 Å². The molecule has 144 valence electrons. The van der Waals surface area contributed by atoms with E-state index < -0.39 is 12.1 Å². The van der Waals surface area contributed by atoms with Crippen LogP contribution in [0.25, 0.3) is 0 Å². The monoisotopic (exact) mass is 400 g/mol. The molecule has 1 aliphatic heterocycles. The summed E-state index contributed by atoms with van der Waals surface area (Å²) in [7, 11) is 0. The number of nitriles is 1. The number of hydrogen-bond donors (Lipinski definition) is 2. The second-order valence-electron chi connectivity index (χ2n) is 6.35. The van der Waals surface area contributed by atoms with Gasteiger partial charge in [-0.1, -0.05) is 23.7 Å². The fourth-order valence-corrected chi connectivity index (χ4v) is 2.94. The van der Waals surface area contributed by atoms with E-state index in [9.17, 15) is 9.50 Å². The van der Waals surface area contributed by atoms with Gasteiger partial charge in [0, 0.05) is 11.3 Å². The van der Waals surface area contributed by atoms with Gasteiger partial charge in [-0.25, -0.2) is 4.39 Å². The highest BCUT2D eigenvalue weighted by Crippen LogP contribution is 2.28. The van der Waals surface area contributed by atoms with Gasteiger partial charge >= 0.3 is 0 Å². The number of aliphatic hydroxyl groups is 1. The third-order valence-corrected chi connectivity index (χ3v) is 4.86. The van der Waals surface area contributed by atoms with Crippen LogP contribution in [-0.4, -0.2) is 35.5 Å². The molecule has 1 aliphatic rings. The van der Waals surface area contributed by atoms with Gasteiger partial charge in [0.05, 0.1) is 16.7 Å². The van der Waals surface area contributed by atoms with Crippen molar-refractivity contribution in [3.63, 3.8) is 0 Å². The molecule has 6 nitrogen and oxygen atoms in total. The minimum Gasteiger partial charge on any atom is -0.472 e. The van der Waals surface area contributed by atoms with Crippen molar-refractivity contribution in [2.24, 2.45) is 10.2 Å². The third kappa shape index (κ3) is 4.14. The number of benzene rings is 2. The van der Waals surface area contributed by atoms with Crippen molar-refractivity contribution < 1.29 is 14.2 Å². The van der Waals surface area contributed by atoms with Gasteiger partial charge in [-0.15, -0.1) is 10.2 Å². The summed E-state index contributed by atoms with van der Waals surface area (Å²) in [6.07, 6.45) is -0.838. The van der Waals surface area contributed by atoms with Gasteiger partial charge in [0.2, 0.25) is 5.90 Å². The summed E-state index contributed by atoms with van der Waals surface area (Å²) in [6, 6.07) is 10.6. The number of hydrogen-bond acceptors (Lipinski definition) is 6. The topological polar surface area (TPSA) is 90.0 Å². The molecule has 0 unspecified atom stereocenters. The first-order valence-electron chi connectivity index (χ1n) is 8.57. The minimum absolute atomic E-state index is 0.141. The van der Waals surface area contributed by atoms with Gasteiger partial charge in [-0.3, -0.25) is 0 Å². The fraction of sp³-hybridized carbons (Fsp3) is 0.250. The molecule has 28 heavy (non-hydrogen) atoms. The van der Waals surface area contributed by atoms with Gasteiger partial charge in [-0.2, -0.15) is 5.26 Å². The summed E-state index contributed by atoms with van der Waals surface area (Å²) >= 11 is 6.21. The lowest BCUT2D eigenvalue weighted by Crippen LogP contribution is -2.42. The maximum atomic E-state index is 13.1. The van der Waals surface area contributed by atoms with E-state index in [0.29, 0.717) is 33.1 Å². The first kappa shape index (κ1) is 19.8. The van der Waals surface area contributed by atoms with Crippen LogP contribution in [0.1, 0.15) is 23.6 Å². The number of nitrogens with one attached hydrogen (secondary N) is 1. The van der Waals surface area contributed by atoms with E-state index >= 15 is 0 Å². The second kappa shape index (κ2) is 8.38. The summed E-state index contributed by atoms with van der Waals surface area (Å²) in [5.41, 5.74) is 2.97. The molecule has 0 fully saturated rings. The van der Waals surface area contributed by atoms with Crippen LogP contribution in [0.5, 0.6) is 0 Å². The lowest BCUT2D eigenvalue weighted by Gasteiger charge is -2.26. The molecule has 0 aromatic heterocycles. The molecule has 2 aromatic rings. The summed E-state index contributed by atoms with van der Waals surface area (Å²) in [5.74, 6) is -0.110. The van der Waals surface area contributed by atoms with Gasteiger partial charge in [0.25, 0.3) is 0 Å². The van der Waals surface area contributed by atoms with Crippen LogP contribution >= 0.6 is 11.6 Å². The highest BCUT2D eigenvalue weighted by Gasteiger charge is 2.27.